The number of ether oxygens (including phenoxy) is 5. The Morgan fingerprint density at radius 1 is 0.900 bits per heavy atom. The van der Waals surface area contributed by atoms with Gasteiger partial charge < -0.3 is 54.3 Å². The van der Waals surface area contributed by atoms with Crippen LogP contribution in [0.3, 0.4) is 0 Å². The second kappa shape index (κ2) is 15.2. The molecule has 2 fully saturated rings. The summed E-state index contributed by atoms with van der Waals surface area (Å²) in [7, 11) is 0. The van der Waals surface area contributed by atoms with Gasteiger partial charge in [-0.1, -0.05) is 6.07 Å². The molecule has 3 heterocycles. The first-order valence-corrected chi connectivity index (χ1v) is 13.4. The third-order valence-corrected chi connectivity index (χ3v) is 6.40. The molecule has 0 amide bonds. The van der Waals surface area contributed by atoms with Crippen LogP contribution in [0.15, 0.2) is 18.5 Å². The fourth-order valence-electron chi connectivity index (χ4n) is 4.48. The van der Waals surface area contributed by atoms with Crippen LogP contribution in [-0.4, -0.2) is 129 Å². The lowest BCUT2D eigenvalue weighted by molar-refractivity contribution is -0.364. The van der Waals surface area contributed by atoms with Crippen LogP contribution in [0.4, 0.5) is 0 Å². The number of aliphatic hydroxyl groups is 6. The molecule has 5 unspecified atom stereocenters. The Bertz CT molecular complexity index is 885. The average Bonchev–Trinajstić information content (AvgIpc) is 2.90. The molecule has 0 aliphatic carbocycles. The van der Waals surface area contributed by atoms with E-state index in [0.717, 1.165) is 11.1 Å². The molecular formula is C26H44N2O12. The summed E-state index contributed by atoms with van der Waals surface area (Å²) < 4.78 is 28.3. The van der Waals surface area contributed by atoms with Gasteiger partial charge in [-0.05, 0) is 45.2 Å². The van der Waals surface area contributed by atoms with E-state index in [1.54, 1.807) is 33.2 Å². The molecule has 1 aromatic rings. The predicted molar refractivity (Wildman–Crippen MR) is 137 cm³/mol. The molecule has 10 atom stereocenters. The Hall–Kier alpha value is -1.37. The van der Waals surface area contributed by atoms with Crippen molar-refractivity contribution >= 4 is 0 Å². The second-order valence-electron chi connectivity index (χ2n) is 11.0. The predicted octanol–water partition coefficient (Wildman–Crippen LogP) is -1.74. The summed E-state index contributed by atoms with van der Waals surface area (Å²) in [5, 5.41) is 62.3. The lowest BCUT2D eigenvalue weighted by Gasteiger charge is -2.47. The van der Waals surface area contributed by atoms with Gasteiger partial charge >= 0.3 is 0 Å². The molecule has 0 aromatic carbocycles. The van der Waals surface area contributed by atoms with Crippen molar-refractivity contribution < 1.29 is 59.2 Å². The summed E-state index contributed by atoms with van der Waals surface area (Å²) >= 11 is 0. The summed E-state index contributed by atoms with van der Waals surface area (Å²) in [4.78, 5) is 9.50. The highest BCUT2D eigenvalue weighted by molar-refractivity contribution is 5.15. The molecule has 230 valence electrons. The number of hydrogen-bond acceptors (Lipinski definition) is 14. The largest absolute Gasteiger partial charge is 0.394 e. The zero-order valence-electron chi connectivity index (χ0n) is 23.3. The number of nitrogens with zero attached hydrogens (tertiary/aromatic N) is 1. The number of nitrogens with one attached hydrogen (secondary N) is 1. The van der Waals surface area contributed by atoms with Gasteiger partial charge in [0.15, 0.2) is 12.6 Å². The smallest absolute Gasteiger partial charge is 0.187 e. The quantitative estimate of drug-likeness (QED) is 0.103. The average molecular weight is 577 g/mol. The van der Waals surface area contributed by atoms with Crippen LogP contribution in [0, 0.1) is 6.92 Å². The monoisotopic (exact) mass is 576 g/mol. The Morgan fingerprint density at radius 3 is 2.17 bits per heavy atom. The molecule has 0 spiro atoms. The van der Waals surface area contributed by atoms with Gasteiger partial charge in [0.25, 0.3) is 0 Å². The van der Waals surface area contributed by atoms with Crippen molar-refractivity contribution in [2.45, 2.75) is 108 Å². The van der Waals surface area contributed by atoms with E-state index in [1.807, 2.05) is 13.0 Å². The zero-order valence-corrected chi connectivity index (χ0v) is 23.3. The second-order valence-corrected chi connectivity index (χ2v) is 11.0. The van der Waals surface area contributed by atoms with Gasteiger partial charge in [-0.3, -0.25) is 9.82 Å². The van der Waals surface area contributed by atoms with Crippen LogP contribution in [-0.2, 0) is 35.1 Å². The summed E-state index contributed by atoms with van der Waals surface area (Å²) in [5.41, 5.74) is 4.07. The summed E-state index contributed by atoms with van der Waals surface area (Å²) in [6, 6.07) is 1.96. The van der Waals surface area contributed by atoms with Gasteiger partial charge in [-0.25, -0.2) is 5.48 Å². The standard InChI is InChI=1S/C26H44N2O12/c1-14-8-15(10-27-9-14)13-36-28-6-5-7-35-24-20(33)18(31)22(16(11-29)37-24)39-25-21(34)19(32)23(17(12-30)38-25)40-26(2,3)4/h8-10,16-25,28-34H,5-7,11-13H2,1-4H3/t16?,17?,18-,19-,20?,21?,22+,23+,24-,25?/m0/s1. The Balaban J connectivity index is 1.47. The molecule has 14 heteroatoms. The Kier molecular flexibility index (Phi) is 12.6. The Labute approximate surface area is 233 Å². The minimum Gasteiger partial charge on any atom is -0.394 e. The summed E-state index contributed by atoms with van der Waals surface area (Å²) in [5.74, 6) is 0. The van der Waals surface area contributed by atoms with Gasteiger partial charge in [0.2, 0.25) is 0 Å². The van der Waals surface area contributed by atoms with Crippen LogP contribution in [0.2, 0.25) is 0 Å². The van der Waals surface area contributed by atoms with E-state index < -0.39 is 80.2 Å². The minimum atomic E-state index is -1.62. The normalized spacial score (nSPS) is 35.1. The van der Waals surface area contributed by atoms with Crippen LogP contribution in [0.1, 0.15) is 38.3 Å². The van der Waals surface area contributed by atoms with Gasteiger partial charge in [0, 0.05) is 18.9 Å². The van der Waals surface area contributed by atoms with Crippen molar-refractivity contribution in [3.63, 3.8) is 0 Å². The lowest BCUT2D eigenvalue weighted by Crippen LogP contribution is -2.65. The maximum Gasteiger partial charge on any atom is 0.187 e. The van der Waals surface area contributed by atoms with E-state index in [-0.39, 0.29) is 6.61 Å². The van der Waals surface area contributed by atoms with Crippen molar-refractivity contribution in [1.29, 1.82) is 0 Å². The Morgan fingerprint density at radius 2 is 1.52 bits per heavy atom. The first-order valence-electron chi connectivity index (χ1n) is 13.4. The van der Waals surface area contributed by atoms with Gasteiger partial charge in [0.1, 0.15) is 48.8 Å². The number of rotatable bonds is 13. The molecule has 0 radical (unpaired) electrons. The van der Waals surface area contributed by atoms with E-state index in [1.165, 1.54) is 0 Å². The van der Waals surface area contributed by atoms with Crippen molar-refractivity contribution in [3.05, 3.63) is 29.6 Å². The molecule has 0 saturated carbocycles. The first kappa shape index (κ1) is 33.1. The highest BCUT2D eigenvalue weighted by Gasteiger charge is 2.51. The minimum absolute atomic E-state index is 0.143. The number of hydrogen-bond donors (Lipinski definition) is 7. The van der Waals surface area contributed by atoms with Gasteiger partial charge in [-0.15, -0.1) is 0 Å². The molecule has 2 saturated heterocycles. The molecule has 7 N–H and O–H groups in total. The SMILES string of the molecule is Cc1cncc(CONCCCO[C@H]2OC(CO)[C@@H](OC3OC(CO)[C@@H](OC(C)(C)C)[C@@H](O)C3O)[C@@H](O)C2O)c1. The number of aromatic nitrogens is 1. The van der Waals surface area contributed by atoms with E-state index in [0.29, 0.717) is 19.6 Å². The summed E-state index contributed by atoms with van der Waals surface area (Å²) in [6.45, 7) is 6.96. The van der Waals surface area contributed by atoms with E-state index >= 15 is 0 Å². The number of aryl methyl sites for hydroxylation is 1. The number of aliphatic hydroxyl groups excluding tert-OH is 6. The molecule has 14 nitrogen and oxygen atoms in total. The molecule has 40 heavy (non-hydrogen) atoms. The van der Waals surface area contributed by atoms with Crippen LogP contribution < -0.4 is 5.48 Å². The molecule has 2 aliphatic heterocycles. The maximum absolute atomic E-state index is 10.8. The van der Waals surface area contributed by atoms with Gasteiger partial charge in [0.05, 0.1) is 32.0 Å². The van der Waals surface area contributed by atoms with E-state index in [2.05, 4.69) is 10.5 Å². The third-order valence-electron chi connectivity index (χ3n) is 6.40. The van der Waals surface area contributed by atoms with Crippen molar-refractivity contribution in [1.82, 2.24) is 10.5 Å². The molecular weight excluding hydrogens is 532 g/mol. The topological polar surface area (TPSA) is 202 Å². The van der Waals surface area contributed by atoms with Crippen LogP contribution in [0.25, 0.3) is 0 Å². The van der Waals surface area contributed by atoms with Crippen LogP contribution in [0.5, 0.6) is 0 Å². The van der Waals surface area contributed by atoms with Crippen molar-refractivity contribution in [3.8, 4) is 0 Å². The fraction of sp³-hybridized carbons (Fsp3) is 0.808. The van der Waals surface area contributed by atoms with Crippen molar-refractivity contribution in [2.75, 3.05) is 26.4 Å². The fourth-order valence-corrected chi connectivity index (χ4v) is 4.48. The molecule has 1 aromatic heterocycles. The first-order chi connectivity index (χ1) is 18.9. The highest BCUT2D eigenvalue weighted by Crippen LogP contribution is 2.31. The maximum atomic E-state index is 10.8. The van der Waals surface area contributed by atoms with Crippen molar-refractivity contribution in [2.24, 2.45) is 0 Å². The van der Waals surface area contributed by atoms with E-state index in [9.17, 15) is 30.6 Å². The molecule has 3 rings (SSSR count). The van der Waals surface area contributed by atoms with Crippen LogP contribution >= 0.6 is 0 Å². The zero-order chi connectivity index (χ0) is 29.4. The third kappa shape index (κ3) is 9.06. The highest BCUT2D eigenvalue weighted by atomic mass is 16.7. The van der Waals surface area contributed by atoms with Gasteiger partial charge in [-0.2, -0.15) is 0 Å². The van der Waals surface area contributed by atoms with E-state index in [4.69, 9.17) is 28.5 Å². The lowest BCUT2D eigenvalue weighted by atomic mass is 9.96. The molecule has 2 aliphatic rings. The molecule has 0 bridgehead atoms. The summed E-state index contributed by atoms with van der Waals surface area (Å²) in [6.07, 6.45) is -9.69. The number of hydroxylamine groups is 1. The number of pyridine rings is 1.